The van der Waals surface area contributed by atoms with E-state index in [1.807, 2.05) is 19.2 Å². The Bertz CT molecular complexity index is 1000. The van der Waals surface area contributed by atoms with E-state index in [9.17, 15) is 4.39 Å². The molecule has 2 aromatic carbocycles. The lowest BCUT2D eigenvalue weighted by Crippen LogP contribution is -2.15. The van der Waals surface area contributed by atoms with Crippen LogP contribution in [0.25, 0.3) is 22.2 Å². The van der Waals surface area contributed by atoms with E-state index >= 15 is 0 Å². The molecule has 3 aromatic rings. The number of nitrogens with zero attached hydrogens (tertiary/aromatic N) is 1. The molecule has 1 aromatic heterocycles. The van der Waals surface area contributed by atoms with E-state index in [-0.39, 0.29) is 11.6 Å². The number of aliphatic hydroxyl groups excluding tert-OH is 1. The van der Waals surface area contributed by atoms with Crippen molar-refractivity contribution in [2.24, 2.45) is 0 Å². The third-order valence-corrected chi connectivity index (χ3v) is 5.26. The maximum atomic E-state index is 13.5. The summed E-state index contributed by atoms with van der Waals surface area (Å²) in [4.78, 5) is 4.80. The quantitative estimate of drug-likeness (QED) is 0.315. The van der Waals surface area contributed by atoms with E-state index in [4.69, 9.17) is 21.7 Å². The lowest BCUT2D eigenvalue weighted by Gasteiger charge is -2.11. The number of halogens is 2. The number of nitrogens with one attached hydrogen (secondary N) is 1. The Morgan fingerprint density at radius 2 is 1.90 bits per heavy atom. The number of aliphatic hydroxyl groups is 1. The van der Waals surface area contributed by atoms with E-state index in [0.29, 0.717) is 12.5 Å². The standard InChI is InChI=1S/C22H21ClFNO.C4H11N/c1-2-5-16-13-18-12-15(6-3-4-11-26)7-10-21(18)25-22(16)17-8-9-20(24)19(23)14-17;1-4(2)5-3/h2,7-10,12-14,26H,1,3-6,11H2;4-5H,1-3H3. The van der Waals surface area contributed by atoms with Gasteiger partial charge in [-0.3, -0.25) is 0 Å². The first-order chi connectivity index (χ1) is 14.9. The lowest BCUT2D eigenvalue weighted by atomic mass is 9.99. The van der Waals surface area contributed by atoms with Crippen molar-refractivity contribution in [1.29, 1.82) is 0 Å². The van der Waals surface area contributed by atoms with Crippen molar-refractivity contribution in [3.63, 3.8) is 0 Å². The van der Waals surface area contributed by atoms with E-state index < -0.39 is 5.82 Å². The first-order valence-corrected chi connectivity index (χ1v) is 11.0. The molecule has 0 saturated carbocycles. The Morgan fingerprint density at radius 1 is 1.16 bits per heavy atom. The minimum atomic E-state index is -0.436. The molecule has 0 amide bonds. The second-order valence-electron chi connectivity index (χ2n) is 7.77. The minimum Gasteiger partial charge on any atom is -0.396 e. The number of pyridine rings is 1. The summed E-state index contributed by atoms with van der Waals surface area (Å²) >= 11 is 5.95. The van der Waals surface area contributed by atoms with Crippen LogP contribution >= 0.6 is 11.6 Å². The van der Waals surface area contributed by atoms with Crippen molar-refractivity contribution in [2.45, 2.75) is 45.6 Å². The van der Waals surface area contributed by atoms with Crippen molar-refractivity contribution in [2.75, 3.05) is 13.7 Å². The van der Waals surface area contributed by atoms with Crippen LogP contribution in [0.4, 0.5) is 4.39 Å². The van der Waals surface area contributed by atoms with Crippen molar-refractivity contribution in [3.8, 4) is 11.3 Å². The van der Waals surface area contributed by atoms with Crippen LogP contribution in [0, 0.1) is 5.82 Å². The topological polar surface area (TPSA) is 45.2 Å². The van der Waals surface area contributed by atoms with Crippen LogP contribution in [0.1, 0.15) is 37.8 Å². The Kier molecular flexibility index (Phi) is 10.1. The highest BCUT2D eigenvalue weighted by atomic mass is 35.5. The van der Waals surface area contributed by atoms with Crippen molar-refractivity contribution in [3.05, 3.63) is 77.1 Å². The maximum Gasteiger partial charge on any atom is 0.141 e. The minimum absolute atomic E-state index is 0.0909. The number of hydrogen-bond acceptors (Lipinski definition) is 3. The van der Waals surface area contributed by atoms with Gasteiger partial charge in [0.05, 0.1) is 16.2 Å². The molecule has 0 aliphatic carbocycles. The molecule has 0 radical (unpaired) electrons. The lowest BCUT2D eigenvalue weighted by molar-refractivity contribution is 0.284. The van der Waals surface area contributed by atoms with Gasteiger partial charge in [-0.1, -0.05) is 37.6 Å². The molecule has 0 bridgehead atoms. The Labute approximate surface area is 190 Å². The maximum absolute atomic E-state index is 13.5. The largest absolute Gasteiger partial charge is 0.396 e. The molecular formula is C26H32ClFN2O. The van der Waals surface area contributed by atoms with Crippen molar-refractivity contribution in [1.82, 2.24) is 10.3 Å². The number of rotatable bonds is 8. The first kappa shape index (κ1) is 25.0. The average molecular weight is 443 g/mol. The van der Waals surface area contributed by atoms with Crippen LogP contribution in [-0.4, -0.2) is 29.8 Å². The van der Waals surface area contributed by atoms with Crippen molar-refractivity contribution < 1.29 is 9.50 Å². The zero-order valence-corrected chi connectivity index (χ0v) is 19.3. The molecule has 0 saturated heterocycles. The predicted molar refractivity (Wildman–Crippen MR) is 130 cm³/mol. The van der Waals surface area contributed by atoms with Crippen LogP contribution in [-0.2, 0) is 12.8 Å². The number of allylic oxidation sites excluding steroid dienone is 1. The summed E-state index contributed by atoms with van der Waals surface area (Å²) in [5, 5.41) is 13.1. The predicted octanol–water partition coefficient (Wildman–Crippen LogP) is 6.35. The molecule has 0 atom stereocenters. The van der Waals surface area contributed by atoms with Gasteiger partial charge in [0.2, 0.25) is 0 Å². The smallest absolute Gasteiger partial charge is 0.141 e. The van der Waals surface area contributed by atoms with Gasteiger partial charge in [0.15, 0.2) is 0 Å². The van der Waals surface area contributed by atoms with Gasteiger partial charge in [0, 0.05) is 23.6 Å². The fourth-order valence-corrected chi connectivity index (χ4v) is 3.25. The molecular weight excluding hydrogens is 411 g/mol. The molecule has 5 heteroatoms. The van der Waals surface area contributed by atoms with E-state index in [1.54, 1.807) is 12.1 Å². The highest BCUT2D eigenvalue weighted by Gasteiger charge is 2.11. The number of fused-ring (bicyclic) bond motifs is 1. The van der Waals surface area contributed by atoms with Crippen LogP contribution in [0.5, 0.6) is 0 Å². The third-order valence-electron chi connectivity index (χ3n) is 4.97. The molecule has 31 heavy (non-hydrogen) atoms. The van der Waals surface area contributed by atoms with E-state index in [0.717, 1.165) is 47.0 Å². The first-order valence-electron chi connectivity index (χ1n) is 10.7. The summed E-state index contributed by atoms with van der Waals surface area (Å²) in [6, 6.07) is 13.7. The van der Waals surface area contributed by atoms with Gasteiger partial charge in [-0.2, -0.15) is 0 Å². The summed E-state index contributed by atoms with van der Waals surface area (Å²) in [6.07, 6.45) is 5.20. The third kappa shape index (κ3) is 7.42. The highest BCUT2D eigenvalue weighted by molar-refractivity contribution is 6.31. The molecule has 0 fully saturated rings. The van der Waals surface area contributed by atoms with Gasteiger partial charge < -0.3 is 10.4 Å². The van der Waals surface area contributed by atoms with Crippen LogP contribution in [0.3, 0.4) is 0 Å². The fraction of sp³-hybridized carbons (Fsp3) is 0.346. The molecule has 3 nitrogen and oxygen atoms in total. The molecule has 3 rings (SSSR count). The van der Waals surface area contributed by atoms with Crippen molar-refractivity contribution >= 4 is 22.5 Å². The summed E-state index contributed by atoms with van der Waals surface area (Å²) in [5.74, 6) is -0.436. The van der Waals surface area contributed by atoms with Crippen LogP contribution < -0.4 is 5.32 Å². The van der Waals surface area contributed by atoms with Crippen LogP contribution in [0.2, 0.25) is 5.02 Å². The number of unbranched alkanes of at least 4 members (excludes halogenated alkanes) is 1. The van der Waals surface area contributed by atoms with Gasteiger partial charge in [0.1, 0.15) is 5.82 Å². The SMILES string of the molecule is C=CCc1cc2cc(CCCCO)ccc2nc1-c1ccc(F)c(Cl)c1.CNC(C)C. The van der Waals surface area contributed by atoms with Crippen LogP contribution in [0.15, 0.2) is 55.1 Å². The van der Waals surface area contributed by atoms with Gasteiger partial charge in [-0.15, -0.1) is 6.58 Å². The number of benzene rings is 2. The van der Waals surface area contributed by atoms with Gasteiger partial charge in [-0.25, -0.2) is 9.37 Å². The molecule has 0 aliphatic heterocycles. The Hall–Kier alpha value is -2.27. The average Bonchev–Trinajstić information content (AvgIpc) is 2.76. The Balaban J connectivity index is 0.000000614. The van der Waals surface area contributed by atoms with Gasteiger partial charge in [-0.05, 0) is 80.3 Å². The fourth-order valence-electron chi connectivity index (χ4n) is 3.07. The van der Waals surface area contributed by atoms with E-state index in [2.05, 4.69) is 43.9 Å². The summed E-state index contributed by atoms with van der Waals surface area (Å²) in [5.41, 5.74) is 4.74. The number of aromatic nitrogens is 1. The summed E-state index contributed by atoms with van der Waals surface area (Å²) < 4.78 is 13.5. The summed E-state index contributed by atoms with van der Waals surface area (Å²) in [7, 11) is 1.95. The van der Waals surface area contributed by atoms with E-state index in [1.165, 1.54) is 11.6 Å². The normalized spacial score (nSPS) is 10.8. The molecule has 2 N–H and O–H groups in total. The zero-order valence-electron chi connectivity index (χ0n) is 18.6. The second-order valence-corrected chi connectivity index (χ2v) is 8.18. The number of aryl methyl sites for hydroxylation is 1. The highest BCUT2D eigenvalue weighted by Crippen LogP contribution is 2.30. The molecule has 166 valence electrons. The monoisotopic (exact) mass is 442 g/mol. The van der Waals surface area contributed by atoms with Gasteiger partial charge >= 0.3 is 0 Å². The second kappa shape index (κ2) is 12.6. The summed E-state index contributed by atoms with van der Waals surface area (Å²) in [6.45, 7) is 8.28. The molecule has 0 aliphatic rings. The molecule has 0 unspecified atom stereocenters. The Morgan fingerprint density at radius 3 is 2.52 bits per heavy atom. The molecule has 0 spiro atoms. The van der Waals surface area contributed by atoms with Gasteiger partial charge in [0.25, 0.3) is 0 Å². The zero-order chi connectivity index (χ0) is 22.8. The molecule has 1 heterocycles. The number of hydrogen-bond donors (Lipinski definition) is 2.